The van der Waals surface area contributed by atoms with E-state index in [1.165, 1.54) is 31.2 Å². The summed E-state index contributed by atoms with van der Waals surface area (Å²) >= 11 is 6.18. The van der Waals surface area contributed by atoms with E-state index in [0.29, 0.717) is 6.04 Å². The van der Waals surface area contributed by atoms with Crippen LogP contribution in [0.4, 0.5) is 0 Å². The first-order valence-electron chi connectivity index (χ1n) is 6.77. The van der Waals surface area contributed by atoms with E-state index in [4.69, 9.17) is 11.6 Å². The lowest BCUT2D eigenvalue weighted by Crippen LogP contribution is -2.46. The Hall–Kier alpha value is -0.640. The molecule has 1 aromatic heterocycles. The number of hydrogen-bond donors (Lipinski definition) is 1. The van der Waals surface area contributed by atoms with E-state index in [1.807, 2.05) is 12.3 Å². The standard InChI is InChI=1S/C14H20ClN3/c1-18(9-10-4-5-16-8-14(10)15)13-6-11-2-3-12(7-13)17-11/h4-5,8,11-13,17H,2-3,6-7,9H2,1H3. The summed E-state index contributed by atoms with van der Waals surface area (Å²) in [5.41, 5.74) is 1.18. The van der Waals surface area contributed by atoms with Gasteiger partial charge in [0.2, 0.25) is 0 Å². The van der Waals surface area contributed by atoms with Crippen molar-refractivity contribution in [2.24, 2.45) is 0 Å². The van der Waals surface area contributed by atoms with Crippen LogP contribution in [0.2, 0.25) is 5.02 Å². The van der Waals surface area contributed by atoms with Gasteiger partial charge in [0.1, 0.15) is 0 Å². The number of pyridine rings is 1. The zero-order valence-corrected chi connectivity index (χ0v) is 11.5. The molecular formula is C14H20ClN3. The van der Waals surface area contributed by atoms with Crippen LogP contribution in [-0.2, 0) is 6.54 Å². The number of aromatic nitrogens is 1. The number of rotatable bonds is 3. The van der Waals surface area contributed by atoms with Crippen molar-refractivity contribution in [2.75, 3.05) is 7.05 Å². The van der Waals surface area contributed by atoms with E-state index in [9.17, 15) is 0 Å². The number of nitrogens with zero attached hydrogens (tertiary/aromatic N) is 2. The van der Waals surface area contributed by atoms with Crippen LogP contribution < -0.4 is 5.32 Å². The highest BCUT2D eigenvalue weighted by molar-refractivity contribution is 6.31. The third-order valence-electron chi connectivity index (χ3n) is 4.35. The largest absolute Gasteiger partial charge is 0.311 e. The Labute approximate surface area is 114 Å². The van der Waals surface area contributed by atoms with Crippen LogP contribution in [0, 0.1) is 0 Å². The molecule has 0 radical (unpaired) electrons. The molecule has 1 aromatic rings. The molecule has 0 amide bonds. The molecule has 0 aliphatic carbocycles. The Morgan fingerprint density at radius 1 is 1.39 bits per heavy atom. The van der Waals surface area contributed by atoms with Crippen molar-refractivity contribution in [1.29, 1.82) is 0 Å². The maximum atomic E-state index is 6.18. The minimum absolute atomic E-state index is 0.688. The van der Waals surface area contributed by atoms with Crippen molar-refractivity contribution >= 4 is 11.6 Å². The summed E-state index contributed by atoms with van der Waals surface area (Å²) in [5.74, 6) is 0. The van der Waals surface area contributed by atoms with E-state index in [1.54, 1.807) is 6.20 Å². The minimum atomic E-state index is 0.688. The molecule has 4 heteroatoms. The lowest BCUT2D eigenvalue weighted by Gasteiger charge is -2.35. The van der Waals surface area contributed by atoms with Crippen LogP contribution >= 0.6 is 11.6 Å². The third kappa shape index (κ3) is 2.53. The minimum Gasteiger partial charge on any atom is -0.311 e. The van der Waals surface area contributed by atoms with Gasteiger partial charge in [0.05, 0.1) is 5.02 Å². The van der Waals surface area contributed by atoms with Gasteiger partial charge in [0, 0.05) is 37.1 Å². The average Bonchev–Trinajstić information content (AvgIpc) is 2.71. The van der Waals surface area contributed by atoms with E-state index in [0.717, 1.165) is 23.7 Å². The second-order valence-electron chi connectivity index (χ2n) is 5.65. The fourth-order valence-corrected chi connectivity index (χ4v) is 3.50. The molecule has 2 unspecified atom stereocenters. The quantitative estimate of drug-likeness (QED) is 0.910. The first-order valence-corrected chi connectivity index (χ1v) is 7.15. The Morgan fingerprint density at radius 2 is 2.11 bits per heavy atom. The Morgan fingerprint density at radius 3 is 2.78 bits per heavy atom. The van der Waals surface area contributed by atoms with Gasteiger partial charge in [-0.05, 0) is 44.4 Å². The molecule has 2 saturated heterocycles. The van der Waals surface area contributed by atoms with Crippen LogP contribution in [0.3, 0.4) is 0 Å². The fourth-order valence-electron chi connectivity index (χ4n) is 3.32. The number of hydrogen-bond acceptors (Lipinski definition) is 3. The van der Waals surface area contributed by atoms with E-state index in [2.05, 4.69) is 22.2 Å². The molecule has 3 nitrogen and oxygen atoms in total. The van der Waals surface area contributed by atoms with Crippen LogP contribution in [0.5, 0.6) is 0 Å². The molecule has 18 heavy (non-hydrogen) atoms. The topological polar surface area (TPSA) is 28.2 Å². The summed E-state index contributed by atoms with van der Waals surface area (Å²) in [4.78, 5) is 6.49. The molecule has 0 saturated carbocycles. The molecule has 0 aromatic carbocycles. The Balaban J connectivity index is 1.65. The Kier molecular flexibility index (Phi) is 3.55. The van der Waals surface area contributed by atoms with Gasteiger partial charge >= 0.3 is 0 Å². The van der Waals surface area contributed by atoms with Crippen LogP contribution in [0.25, 0.3) is 0 Å². The fraction of sp³-hybridized carbons (Fsp3) is 0.643. The van der Waals surface area contributed by atoms with Crippen molar-refractivity contribution in [3.05, 3.63) is 29.0 Å². The molecule has 2 fully saturated rings. The van der Waals surface area contributed by atoms with Gasteiger partial charge in [-0.1, -0.05) is 11.6 Å². The molecule has 2 bridgehead atoms. The second kappa shape index (κ2) is 5.16. The first-order chi connectivity index (χ1) is 8.72. The molecule has 0 spiro atoms. The molecule has 1 N–H and O–H groups in total. The SMILES string of the molecule is CN(Cc1ccncc1Cl)C1CC2CCC(C1)N2. The predicted octanol–water partition coefficient (Wildman–Crippen LogP) is 2.45. The summed E-state index contributed by atoms with van der Waals surface area (Å²) in [7, 11) is 2.21. The van der Waals surface area contributed by atoms with E-state index >= 15 is 0 Å². The molecule has 3 rings (SSSR count). The summed E-state index contributed by atoms with van der Waals surface area (Å²) < 4.78 is 0. The highest BCUT2D eigenvalue weighted by atomic mass is 35.5. The van der Waals surface area contributed by atoms with Gasteiger partial charge in [0.15, 0.2) is 0 Å². The molecule has 3 heterocycles. The van der Waals surface area contributed by atoms with E-state index in [-0.39, 0.29) is 0 Å². The van der Waals surface area contributed by atoms with Crippen LogP contribution in [-0.4, -0.2) is 35.1 Å². The predicted molar refractivity (Wildman–Crippen MR) is 73.7 cm³/mol. The summed E-state index contributed by atoms with van der Waals surface area (Å²) in [6, 6.07) is 4.19. The molecule has 2 aliphatic rings. The molecule has 2 aliphatic heterocycles. The van der Waals surface area contributed by atoms with Gasteiger partial charge in [0.25, 0.3) is 0 Å². The number of nitrogens with one attached hydrogen (secondary N) is 1. The highest BCUT2D eigenvalue weighted by Gasteiger charge is 2.34. The monoisotopic (exact) mass is 265 g/mol. The van der Waals surface area contributed by atoms with Crippen LogP contribution in [0.15, 0.2) is 18.5 Å². The summed E-state index contributed by atoms with van der Waals surface area (Å²) in [6.45, 7) is 0.922. The summed E-state index contributed by atoms with van der Waals surface area (Å²) in [6.07, 6.45) is 8.81. The summed E-state index contributed by atoms with van der Waals surface area (Å²) in [5, 5.41) is 4.47. The zero-order valence-electron chi connectivity index (χ0n) is 10.8. The van der Waals surface area contributed by atoms with Gasteiger partial charge in [-0.25, -0.2) is 0 Å². The maximum absolute atomic E-state index is 6.18. The molecule has 2 atom stereocenters. The number of piperidine rings is 1. The third-order valence-corrected chi connectivity index (χ3v) is 4.69. The first kappa shape index (κ1) is 12.4. The van der Waals surface area contributed by atoms with Gasteiger partial charge in [-0.3, -0.25) is 9.88 Å². The second-order valence-corrected chi connectivity index (χ2v) is 6.05. The van der Waals surface area contributed by atoms with Crippen molar-refractivity contribution in [3.8, 4) is 0 Å². The van der Waals surface area contributed by atoms with Crippen molar-refractivity contribution < 1.29 is 0 Å². The lowest BCUT2D eigenvalue weighted by molar-refractivity contribution is 0.166. The van der Waals surface area contributed by atoms with Gasteiger partial charge < -0.3 is 5.32 Å². The van der Waals surface area contributed by atoms with Crippen molar-refractivity contribution in [1.82, 2.24) is 15.2 Å². The normalized spacial score (nSPS) is 30.9. The Bertz CT molecular complexity index is 411. The van der Waals surface area contributed by atoms with Crippen LogP contribution in [0.1, 0.15) is 31.2 Å². The maximum Gasteiger partial charge on any atom is 0.0634 e. The zero-order chi connectivity index (χ0) is 12.5. The number of halogens is 1. The average molecular weight is 266 g/mol. The number of fused-ring (bicyclic) bond motifs is 2. The lowest BCUT2D eigenvalue weighted by atomic mass is 9.98. The van der Waals surface area contributed by atoms with Crippen molar-refractivity contribution in [3.63, 3.8) is 0 Å². The van der Waals surface area contributed by atoms with Gasteiger partial charge in [-0.15, -0.1) is 0 Å². The molecular weight excluding hydrogens is 246 g/mol. The highest BCUT2D eigenvalue weighted by Crippen LogP contribution is 2.30. The smallest absolute Gasteiger partial charge is 0.0634 e. The van der Waals surface area contributed by atoms with Crippen molar-refractivity contribution in [2.45, 2.75) is 50.4 Å². The molecule has 98 valence electrons. The van der Waals surface area contributed by atoms with Gasteiger partial charge in [-0.2, -0.15) is 0 Å². The van der Waals surface area contributed by atoms with E-state index < -0.39 is 0 Å².